The largest absolute Gasteiger partial charge is 0.357 e. The third-order valence-electron chi connectivity index (χ3n) is 6.64. The molecule has 6 heteroatoms. The minimum Gasteiger partial charge on any atom is -0.357 e. The molecule has 0 radical (unpaired) electrons. The first kappa shape index (κ1) is 23.5. The average molecular weight is 529 g/mol. The maximum atomic E-state index is 13.2. The zero-order chi connectivity index (χ0) is 24.0. The van der Waals surface area contributed by atoms with E-state index < -0.39 is 0 Å². The van der Waals surface area contributed by atoms with E-state index >= 15 is 0 Å². The minimum atomic E-state index is 0.241. The van der Waals surface area contributed by atoms with Gasteiger partial charge in [0.1, 0.15) is 12.4 Å². The van der Waals surface area contributed by atoms with Gasteiger partial charge in [0.05, 0.1) is 11.4 Å². The SMILES string of the molecule is O=C(CC1CCCN(c2ccc(Br)cn2)CC1)Cn1nc(-c2ccccc2)cc1-c1ccccc1. The normalized spacial score (nSPS) is 16.1. The van der Waals surface area contributed by atoms with Crippen molar-refractivity contribution in [1.82, 2.24) is 14.8 Å². The van der Waals surface area contributed by atoms with Crippen LogP contribution in [0.5, 0.6) is 0 Å². The third kappa shape index (κ3) is 5.88. The molecule has 1 fully saturated rings. The van der Waals surface area contributed by atoms with Crippen LogP contribution >= 0.6 is 15.9 Å². The molecule has 0 saturated carbocycles. The number of anilines is 1. The number of carbonyl (C=O) groups is 1. The molecule has 2 aromatic heterocycles. The smallest absolute Gasteiger partial charge is 0.154 e. The Kier molecular flexibility index (Phi) is 7.38. The number of benzene rings is 2. The number of rotatable bonds is 7. The van der Waals surface area contributed by atoms with Gasteiger partial charge in [-0.1, -0.05) is 60.7 Å². The molecule has 1 aliphatic heterocycles. The van der Waals surface area contributed by atoms with Crippen LogP contribution in [0, 0.1) is 5.92 Å². The van der Waals surface area contributed by atoms with E-state index in [9.17, 15) is 4.79 Å². The highest BCUT2D eigenvalue weighted by molar-refractivity contribution is 9.10. The van der Waals surface area contributed by atoms with E-state index in [0.717, 1.165) is 65.2 Å². The van der Waals surface area contributed by atoms with Gasteiger partial charge in [0, 0.05) is 35.7 Å². The molecule has 1 aliphatic rings. The van der Waals surface area contributed by atoms with E-state index in [1.54, 1.807) is 0 Å². The Bertz CT molecular complexity index is 1260. The lowest BCUT2D eigenvalue weighted by Gasteiger charge is -2.21. The summed E-state index contributed by atoms with van der Waals surface area (Å²) in [4.78, 5) is 20.1. The van der Waals surface area contributed by atoms with Crippen LogP contribution in [0.2, 0.25) is 0 Å². The molecule has 0 aliphatic carbocycles. The van der Waals surface area contributed by atoms with Gasteiger partial charge in [0.15, 0.2) is 5.78 Å². The van der Waals surface area contributed by atoms with Gasteiger partial charge in [0.25, 0.3) is 0 Å². The monoisotopic (exact) mass is 528 g/mol. The van der Waals surface area contributed by atoms with Crippen LogP contribution in [-0.2, 0) is 11.3 Å². The molecule has 1 saturated heterocycles. The van der Waals surface area contributed by atoms with Crippen LogP contribution in [0.25, 0.3) is 22.5 Å². The Morgan fingerprint density at radius 2 is 1.66 bits per heavy atom. The number of hydrogen-bond donors (Lipinski definition) is 0. The van der Waals surface area contributed by atoms with Gasteiger partial charge in [0.2, 0.25) is 0 Å². The van der Waals surface area contributed by atoms with E-state index in [0.29, 0.717) is 18.9 Å². The highest BCUT2D eigenvalue weighted by Gasteiger charge is 2.22. The van der Waals surface area contributed by atoms with E-state index in [1.165, 1.54) is 0 Å². The number of aromatic nitrogens is 3. The molecular formula is C29H29BrN4O. The first-order valence-corrected chi connectivity index (χ1v) is 13.0. The number of hydrogen-bond acceptors (Lipinski definition) is 4. The second-order valence-electron chi connectivity index (χ2n) is 9.17. The second-order valence-corrected chi connectivity index (χ2v) is 10.1. The highest BCUT2D eigenvalue weighted by atomic mass is 79.9. The molecular weight excluding hydrogens is 500 g/mol. The number of ketones is 1. The predicted octanol–water partition coefficient (Wildman–Crippen LogP) is 6.64. The first-order chi connectivity index (χ1) is 17.2. The summed E-state index contributed by atoms with van der Waals surface area (Å²) in [5.74, 6) is 1.65. The number of nitrogens with zero attached hydrogens (tertiary/aromatic N) is 4. The summed E-state index contributed by atoms with van der Waals surface area (Å²) in [6.07, 6.45) is 5.59. The van der Waals surface area contributed by atoms with E-state index in [-0.39, 0.29) is 5.78 Å². The Labute approximate surface area is 214 Å². The Morgan fingerprint density at radius 3 is 2.37 bits per heavy atom. The van der Waals surface area contributed by atoms with Crippen molar-refractivity contribution in [3.8, 4) is 22.5 Å². The average Bonchev–Trinajstić information content (AvgIpc) is 3.17. The summed E-state index contributed by atoms with van der Waals surface area (Å²) < 4.78 is 2.87. The number of pyridine rings is 1. The van der Waals surface area contributed by atoms with Crippen LogP contribution in [0.4, 0.5) is 5.82 Å². The molecule has 2 aromatic carbocycles. The molecule has 5 nitrogen and oxygen atoms in total. The maximum Gasteiger partial charge on any atom is 0.154 e. The summed E-state index contributed by atoms with van der Waals surface area (Å²) in [7, 11) is 0. The van der Waals surface area contributed by atoms with E-state index in [1.807, 2.05) is 53.3 Å². The molecule has 35 heavy (non-hydrogen) atoms. The quantitative estimate of drug-likeness (QED) is 0.269. The molecule has 1 atom stereocenters. The zero-order valence-corrected chi connectivity index (χ0v) is 21.3. The Balaban J connectivity index is 1.28. The predicted molar refractivity (Wildman–Crippen MR) is 144 cm³/mol. The van der Waals surface area contributed by atoms with Gasteiger partial charge in [-0.05, 0) is 64.9 Å². The van der Waals surface area contributed by atoms with E-state index in [4.69, 9.17) is 5.10 Å². The van der Waals surface area contributed by atoms with Gasteiger partial charge in [-0.3, -0.25) is 9.48 Å². The van der Waals surface area contributed by atoms with Crippen molar-refractivity contribution in [2.24, 2.45) is 5.92 Å². The van der Waals surface area contributed by atoms with Crippen LogP contribution in [0.1, 0.15) is 25.7 Å². The summed E-state index contributed by atoms with van der Waals surface area (Å²) in [5, 5.41) is 4.84. The fourth-order valence-corrected chi connectivity index (χ4v) is 5.07. The standard InChI is InChI=1S/C29H29BrN4O/c30-25-13-14-29(31-20-25)33-16-7-8-22(15-17-33)18-26(35)21-34-28(24-11-5-2-6-12-24)19-27(32-34)23-9-3-1-4-10-23/h1-6,9-14,19-20,22H,7-8,15-18,21H2. The van der Waals surface area contributed by atoms with Crippen molar-refractivity contribution in [2.45, 2.75) is 32.2 Å². The zero-order valence-electron chi connectivity index (χ0n) is 19.7. The molecule has 0 bridgehead atoms. The first-order valence-electron chi connectivity index (χ1n) is 12.2. The van der Waals surface area contributed by atoms with Crippen molar-refractivity contribution in [1.29, 1.82) is 0 Å². The lowest BCUT2D eigenvalue weighted by atomic mass is 9.94. The molecule has 3 heterocycles. The number of carbonyl (C=O) groups excluding carboxylic acids is 1. The Morgan fingerprint density at radius 1 is 0.914 bits per heavy atom. The van der Waals surface area contributed by atoms with Gasteiger partial charge < -0.3 is 4.90 Å². The molecule has 0 amide bonds. The van der Waals surface area contributed by atoms with Gasteiger partial charge in [-0.15, -0.1) is 0 Å². The summed E-state index contributed by atoms with van der Waals surface area (Å²) in [5.41, 5.74) is 4.00. The minimum absolute atomic E-state index is 0.241. The van der Waals surface area contributed by atoms with Gasteiger partial charge in [-0.2, -0.15) is 5.10 Å². The van der Waals surface area contributed by atoms with E-state index in [2.05, 4.69) is 62.2 Å². The van der Waals surface area contributed by atoms with Gasteiger partial charge in [-0.25, -0.2) is 4.98 Å². The fraction of sp³-hybridized carbons (Fsp3) is 0.276. The van der Waals surface area contributed by atoms with Crippen molar-refractivity contribution in [2.75, 3.05) is 18.0 Å². The fourth-order valence-electron chi connectivity index (χ4n) is 4.84. The summed E-state index contributed by atoms with van der Waals surface area (Å²) >= 11 is 3.46. The Hall–Kier alpha value is -3.25. The molecule has 4 aromatic rings. The van der Waals surface area contributed by atoms with Crippen LogP contribution in [-0.4, -0.2) is 33.6 Å². The van der Waals surface area contributed by atoms with Crippen LogP contribution in [0.15, 0.2) is 89.5 Å². The van der Waals surface area contributed by atoms with Crippen molar-refractivity contribution < 1.29 is 4.79 Å². The molecule has 5 rings (SSSR count). The number of Topliss-reactive ketones (excluding diaryl/α,β-unsaturated/α-hetero) is 1. The van der Waals surface area contributed by atoms with Crippen molar-refractivity contribution >= 4 is 27.5 Å². The highest BCUT2D eigenvalue weighted by Crippen LogP contribution is 2.28. The summed E-state index contributed by atoms with van der Waals surface area (Å²) in [6, 6.07) is 26.5. The van der Waals surface area contributed by atoms with Gasteiger partial charge >= 0.3 is 0 Å². The molecule has 178 valence electrons. The third-order valence-corrected chi connectivity index (χ3v) is 7.11. The molecule has 0 N–H and O–H groups in total. The number of halogens is 1. The topological polar surface area (TPSA) is 51.0 Å². The summed E-state index contributed by atoms with van der Waals surface area (Å²) in [6.45, 7) is 2.21. The lowest BCUT2D eigenvalue weighted by molar-refractivity contribution is -0.120. The lowest BCUT2D eigenvalue weighted by Crippen LogP contribution is -2.25. The van der Waals surface area contributed by atoms with Crippen LogP contribution in [0.3, 0.4) is 0 Å². The maximum absolute atomic E-state index is 13.2. The van der Waals surface area contributed by atoms with Crippen molar-refractivity contribution in [3.63, 3.8) is 0 Å². The second kappa shape index (κ2) is 11.0. The molecule has 0 spiro atoms. The molecule has 1 unspecified atom stereocenters. The van der Waals surface area contributed by atoms with Crippen molar-refractivity contribution in [3.05, 3.63) is 89.5 Å². The van der Waals surface area contributed by atoms with Crippen LogP contribution < -0.4 is 4.90 Å².